The van der Waals surface area contributed by atoms with Crippen molar-refractivity contribution in [3.8, 4) is 0 Å². The van der Waals surface area contributed by atoms with Crippen LogP contribution in [0.2, 0.25) is 0 Å². The Morgan fingerprint density at radius 3 is 2.68 bits per heavy atom. The lowest BCUT2D eigenvalue weighted by Crippen LogP contribution is -2.10. The van der Waals surface area contributed by atoms with Crippen LogP contribution in [0, 0.1) is 6.92 Å². The molecule has 6 nitrogen and oxygen atoms in total. The van der Waals surface area contributed by atoms with Crippen LogP contribution in [0.5, 0.6) is 0 Å². The highest BCUT2D eigenvalue weighted by molar-refractivity contribution is 7.20. The second-order valence-corrected chi connectivity index (χ2v) is 6.75. The number of methoxy groups -OCH3 is 1. The maximum Gasteiger partial charge on any atom is 0.418 e. The zero-order chi connectivity index (χ0) is 20.3. The van der Waals surface area contributed by atoms with Crippen molar-refractivity contribution >= 4 is 39.0 Å². The number of esters is 1. The monoisotopic (exact) mass is 411 g/mol. The summed E-state index contributed by atoms with van der Waals surface area (Å²) in [7, 11) is 1.49. The Balaban J connectivity index is 1.99. The average Bonchev–Trinajstić information content (AvgIpc) is 2.99. The van der Waals surface area contributed by atoms with Gasteiger partial charge in [-0.2, -0.15) is 13.2 Å². The molecule has 28 heavy (non-hydrogen) atoms. The van der Waals surface area contributed by atoms with Crippen LogP contribution in [0.25, 0.3) is 10.2 Å². The molecule has 3 aromatic rings. The first-order valence-electron chi connectivity index (χ1n) is 8.16. The molecule has 1 N–H and O–H groups in total. The van der Waals surface area contributed by atoms with Gasteiger partial charge in [0.1, 0.15) is 28.5 Å². The minimum Gasteiger partial charge on any atom is -0.459 e. The number of hydrogen-bond donors (Lipinski definition) is 1. The van der Waals surface area contributed by atoms with E-state index in [2.05, 4.69) is 15.3 Å². The Morgan fingerprint density at radius 1 is 1.21 bits per heavy atom. The number of carbonyl (C=O) groups excluding carboxylic acids is 1. The zero-order valence-electron chi connectivity index (χ0n) is 15.0. The first kappa shape index (κ1) is 20.0. The number of hydrogen-bond acceptors (Lipinski definition) is 7. The van der Waals surface area contributed by atoms with Gasteiger partial charge in [-0.05, 0) is 24.6 Å². The normalized spacial score (nSPS) is 11.6. The van der Waals surface area contributed by atoms with E-state index in [-0.39, 0.29) is 24.7 Å². The third kappa shape index (κ3) is 4.07. The van der Waals surface area contributed by atoms with Gasteiger partial charge in [0.2, 0.25) is 0 Å². The van der Waals surface area contributed by atoms with Crippen LogP contribution in [0.1, 0.15) is 20.8 Å². The number of para-hydroxylation sites is 1. The predicted molar refractivity (Wildman–Crippen MR) is 99.0 cm³/mol. The number of carbonyl (C=O) groups is 1. The highest BCUT2D eigenvalue weighted by atomic mass is 32.1. The molecule has 148 valence electrons. The maximum atomic E-state index is 13.3. The minimum absolute atomic E-state index is 0.0960. The van der Waals surface area contributed by atoms with Gasteiger partial charge in [-0.15, -0.1) is 11.3 Å². The van der Waals surface area contributed by atoms with Gasteiger partial charge in [0.25, 0.3) is 0 Å². The van der Waals surface area contributed by atoms with Crippen molar-refractivity contribution in [3.05, 3.63) is 46.6 Å². The molecule has 0 bridgehead atoms. The second kappa shape index (κ2) is 8.11. The fraction of sp³-hybridized carbons (Fsp3) is 0.278. The zero-order valence-corrected chi connectivity index (χ0v) is 15.8. The molecule has 0 saturated carbocycles. The number of ether oxygens (including phenoxy) is 2. The quantitative estimate of drug-likeness (QED) is 0.473. The Bertz CT molecular complexity index is 1000. The van der Waals surface area contributed by atoms with E-state index < -0.39 is 17.7 Å². The van der Waals surface area contributed by atoms with E-state index in [9.17, 15) is 18.0 Å². The molecule has 0 aliphatic carbocycles. The maximum absolute atomic E-state index is 13.3. The molecule has 0 unspecified atom stereocenters. The molecule has 10 heteroatoms. The second-order valence-electron chi connectivity index (χ2n) is 5.76. The largest absolute Gasteiger partial charge is 0.459 e. The first-order chi connectivity index (χ1) is 13.3. The third-order valence-electron chi connectivity index (χ3n) is 3.92. The fourth-order valence-corrected chi connectivity index (χ4v) is 3.65. The highest BCUT2D eigenvalue weighted by Gasteiger charge is 2.33. The van der Waals surface area contributed by atoms with Crippen molar-refractivity contribution in [2.75, 3.05) is 25.6 Å². The molecule has 0 fully saturated rings. The molecule has 0 aliphatic rings. The molecule has 3 rings (SSSR count). The number of nitrogens with one attached hydrogen (secondary N) is 1. The van der Waals surface area contributed by atoms with E-state index in [1.807, 2.05) is 0 Å². The molecule has 2 aromatic heterocycles. The van der Waals surface area contributed by atoms with Gasteiger partial charge in [-0.25, -0.2) is 14.8 Å². The molecular formula is C18H16F3N3O3S. The molecule has 0 amide bonds. The van der Waals surface area contributed by atoms with E-state index in [1.54, 1.807) is 6.92 Å². The number of nitrogens with zero attached hydrogens (tertiary/aromatic N) is 2. The van der Waals surface area contributed by atoms with Gasteiger partial charge in [0.15, 0.2) is 0 Å². The number of thiophene rings is 1. The van der Waals surface area contributed by atoms with Crippen LogP contribution >= 0.6 is 11.3 Å². The summed E-state index contributed by atoms with van der Waals surface area (Å²) < 4.78 is 49.8. The van der Waals surface area contributed by atoms with Crippen molar-refractivity contribution < 1.29 is 27.4 Å². The number of aromatic nitrogens is 2. The van der Waals surface area contributed by atoms with Crippen LogP contribution in [-0.4, -0.2) is 36.3 Å². The fourth-order valence-electron chi connectivity index (χ4n) is 2.61. The molecule has 0 spiro atoms. The van der Waals surface area contributed by atoms with Crippen molar-refractivity contribution in [1.82, 2.24) is 9.97 Å². The minimum atomic E-state index is -4.52. The Morgan fingerprint density at radius 2 is 1.96 bits per heavy atom. The molecule has 0 aliphatic heterocycles. The predicted octanol–water partition coefficient (Wildman–Crippen LogP) is 4.57. The lowest BCUT2D eigenvalue weighted by atomic mass is 10.1. The molecule has 0 saturated heterocycles. The molecule has 0 radical (unpaired) electrons. The molecular weight excluding hydrogens is 395 g/mol. The summed E-state index contributed by atoms with van der Waals surface area (Å²) in [5.74, 6) is -0.356. The molecule has 1 aromatic carbocycles. The summed E-state index contributed by atoms with van der Waals surface area (Å²) in [6.45, 7) is 2.03. The Kier molecular flexibility index (Phi) is 5.80. The number of aryl methyl sites for hydroxylation is 1. The Labute approximate surface area is 162 Å². The average molecular weight is 411 g/mol. The lowest BCUT2D eigenvalue weighted by Gasteiger charge is -2.14. The number of halogens is 3. The van der Waals surface area contributed by atoms with Gasteiger partial charge < -0.3 is 14.8 Å². The highest BCUT2D eigenvalue weighted by Crippen LogP contribution is 2.38. The van der Waals surface area contributed by atoms with E-state index in [4.69, 9.17) is 9.47 Å². The number of benzene rings is 1. The van der Waals surface area contributed by atoms with Crippen LogP contribution in [-0.2, 0) is 15.7 Å². The van der Waals surface area contributed by atoms with Crippen LogP contribution in [0.3, 0.4) is 0 Å². The number of fused-ring (bicyclic) bond motifs is 1. The number of alkyl halides is 3. The van der Waals surface area contributed by atoms with Crippen LogP contribution < -0.4 is 5.32 Å². The van der Waals surface area contributed by atoms with Crippen molar-refractivity contribution in [2.24, 2.45) is 0 Å². The molecule has 2 heterocycles. The SMILES string of the molecule is COCCOC(=O)c1sc2ncnc(Nc3ccccc3C(F)(F)F)c2c1C. The van der Waals surface area contributed by atoms with E-state index in [0.717, 1.165) is 17.4 Å². The van der Waals surface area contributed by atoms with Gasteiger partial charge >= 0.3 is 12.1 Å². The van der Waals surface area contributed by atoms with Crippen molar-refractivity contribution in [2.45, 2.75) is 13.1 Å². The standard InChI is InChI=1S/C18H16F3N3O3S/c1-10-13-15(24-12-6-4-3-5-11(12)18(19,20)21)22-9-23-16(13)28-14(10)17(25)27-8-7-26-2/h3-6,9H,7-8H2,1-2H3,(H,22,23,24). The third-order valence-corrected chi connectivity index (χ3v) is 5.10. The Hall–Kier alpha value is -2.72. The summed E-state index contributed by atoms with van der Waals surface area (Å²) in [4.78, 5) is 21.3. The van der Waals surface area contributed by atoms with E-state index in [0.29, 0.717) is 20.7 Å². The van der Waals surface area contributed by atoms with Crippen molar-refractivity contribution in [3.63, 3.8) is 0 Å². The summed E-state index contributed by atoms with van der Waals surface area (Å²) >= 11 is 1.10. The van der Waals surface area contributed by atoms with Crippen LogP contribution in [0.4, 0.5) is 24.7 Å². The van der Waals surface area contributed by atoms with Gasteiger partial charge in [0, 0.05) is 7.11 Å². The van der Waals surface area contributed by atoms with Gasteiger partial charge in [-0.3, -0.25) is 0 Å². The van der Waals surface area contributed by atoms with Crippen molar-refractivity contribution in [1.29, 1.82) is 0 Å². The lowest BCUT2D eigenvalue weighted by molar-refractivity contribution is -0.136. The van der Waals surface area contributed by atoms with Gasteiger partial charge in [-0.1, -0.05) is 12.1 Å². The topological polar surface area (TPSA) is 73.3 Å². The summed E-state index contributed by atoms with van der Waals surface area (Å²) in [6, 6.07) is 5.11. The summed E-state index contributed by atoms with van der Waals surface area (Å²) in [5, 5.41) is 3.21. The summed E-state index contributed by atoms with van der Waals surface area (Å²) in [5.41, 5.74) is -0.409. The number of anilines is 2. The van der Waals surface area contributed by atoms with Gasteiger partial charge in [0.05, 0.1) is 23.2 Å². The molecule has 0 atom stereocenters. The number of rotatable bonds is 6. The first-order valence-corrected chi connectivity index (χ1v) is 8.98. The summed E-state index contributed by atoms with van der Waals surface area (Å²) in [6.07, 6.45) is -3.29. The smallest absolute Gasteiger partial charge is 0.418 e. The van der Waals surface area contributed by atoms with Crippen LogP contribution in [0.15, 0.2) is 30.6 Å². The van der Waals surface area contributed by atoms with E-state index >= 15 is 0 Å². The van der Waals surface area contributed by atoms with E-state index in [1.165, 1.54) is 31.6 Å².